The highest BCUT2D eigenvalue weighted by Crippen LogP contribution is 2.50. The van der Waals surface area contributed by atoms with Crippen molar-refractivity contribution in [2.45, 2.75) is 50.8 Å². The van der Waals surface area contributed by atoms with Gasteiger partial charge in [-0.1, -0.05) is 128 Å². The van der Waals surface area contributed by atoms with Crippen LogP contribution in [0.15, 0.2) is 180 Å². The molecule has 61 heavy (non-hydrogen) atoms. The van der Waals surface area contributed by atoms with E-state index in [0.29, 0.717) is 12.2 Å². The Morgan fingerprint density at radius 2 is 1.18 bits per heavy atom. The first kappa shape index (κ1) is 38.3. The Hall–Kier alpha value is -6.94. The highest BCUT2D eigenvalue weighted by molar-refractivity contribution is 7.85. The summed E-state index contributed by atoms with van der Waals surface area (Å²) in [4.78, 5) is 0.775. The first-order valence-electron chi connectivity index (χ1n) is 21.3. The second-order valence-corrected chi connectivity index (χ2v) is 17.4. The zero-order valence-corrected chi connectivity index (χ0v) is 35.3. The summed E-state index contributed by atoms with van der Waals surface area (Å²) in [6, 6.07) is 45.9. The van der Waals surface area contributed by atoms with Crippen LogP contribution in [0.25, 0.3) is 82.5 Å². The smallest absolute Gasteiger partial charge is 0.0663 e. The molecule has 10 rings (SSSR count). The molecular weight excluding hydrogens is 765 g/mol. The number of benzene rings is 6. The highest BCUT2D eigenvalue weighted by atomic mass is 32.2. The lowest BCUT2D eigenvalue weighted by Gasteiger charge is -2.14. The molecule has 1 aliphatic rings. The summed E-state index contributed by atoms with van der Waals surface area (Å²) in [5, 5.41) is 16.0. The molecule has 0 saturated carbocycles. The van der Waals surface area contributed by atoms with Gasteiger partial charge in [0.15, 0.2) is 0 Å². The van der Waals surface area contributed by atoms with Crippen LogP contribution in [-0.4, -0.2) is 23.7 Å². The molecule has 0 fully saturated rings. The van der Waals surface area contributed by atoms with E-state index >= 15 is 0 Å². The number of allylic oxidation sites excluding steroid dienone is 9. The van der Waals surface area contributed by atoms with Gasteiger partial charge in [0.25, 0.3) is 0 Å². The quantitative estimate of drug-likeness (QED) is 0.122. The van der Waals surface area contributed by atoms with Crippen molar-refractivity contribution in [3.05, 3.63) is 181 Å². The van der Waals surface area contributed by atoms with Crippen LogP contribution in [0, 0.1) is 18.3 Å². The van der Waals surface area contributed by atoms with E-state index in [1.165, 1.54) is 67.3 Å². The van der Waals surface area contributed by atoms with Crippen molar-refractivity contribution in [3.8, 4) is 17.4 Å². The van der Waals surface area contributed by atoms with Crippen LogP contribution in [0.4, 0.5) is 0 Å². The van der Waals surface area contributed by atoms with E-state index in [1.807, 2.05) is 30.4 Å². The van der Waals surface area contributed by atoms with Gasteiger partial charge in [0.1, 0.15) is 0 Å². The summed E-state index contributed by atoms with van der Waals surface area (Å²) in [6.07, 6.45) is 21.5. The van der Waals surface area contributed by atoms with E-state index < -0.39 is 10.8 Å². The van der Waals surface area contributed by atoms with Crippen LogP contribution in [0.5, 0.6) is 0 Å². The van der Waals surface area contributed by atoms with Crippen molar-refractivity contribution < 1.29 is 4.21 Å². The Bertz CT molecular complexity index is 3390. The molecule has 6 aromatic carbocycles. The van der Waals surface area contributed by atoms with Gasteiger partial charge in [-0.3, -0.25) is 4.21 Å². The second-order valence-electron chi connectivity index (χ2n) is 15.9. The monoisotopic (exact) mass is 810 g/mol. The van der Waals surface area contributed by atoms with Crippen molar-refractivity contribution in [1.82, 2.24) is 13.7 Å². The van der Waals surface area contributed by atoms with Gasteiger partial charge in [-0.2, -0.15) is 5.26 Å². The maximum absolute atomic E-state index is 13.5. The normalized spacial score (nSPS) is 14.0. The fourth-order valence-electron chi connectivity index (χ4n) is 9.31. The molecule has 5 nitrogen and oxygen atoms in total. The van der Waals surface area contributed by atoms with Crippen molar-refractivity contribution in [1.29, 1.82) is 5.26 Å². The standard InChI is InChI=1S/C55H46N4OS/c1-3-4-17-39-18-16-19-40(31-28-39)57-47-23-11-8-20-44(47)50-53(57)51-45-21-9-12-24-48(45)58(41-29-26-38(2)27-30-41)54(51)52-46-22-10-13-25-49(46)59(55(50)52)42-32-34-43(35-33-42)61(60)37-15-7-5-6-14-36-56/h5-13,15-16,19-35H,3-4,14,17-18,37H2,1-2H3/b6-5-,15-7-. The molecule has 3 heterocycles. The third-order valence-corrected chi connectivity index (χ3v) is 13.4. The van der Waals surface area contributed by atoms with Crippen molar-refractivity contribution >= 4 is 81.9 Å². The number of nitrogens with zero attached hydrogens (tertiary/aromatic N) is 4. The van der Waals surface area contributed by atoms with Crippen LogP contribution in [0.3, 0.4) is 0 Å². The van der Waals surface area contributed by atoms with E-state index in [9.17, 15) is 4.21 Å². The fraction of sp³-hybridized carbons (Fsp3) is 0.145. The zero-order valence-electron chi connectivity index (χ0n) is 34.5. The summed E-state index contributed by atoms with van der Waals surface area (Å²) in [6.45, 7) is 4.41. The van der Waals surface area contributed by atoms with Crippen molar-refractivity contribution in [2.75, 3.05) is 5.75 Å². The van der Waals surface area contributed by atoms with Crippen molar-refractivity contribution in [2.24, 2.45) is 0 Å². The fourth-order valence-corrected chi connectivity index (χ4v) is 10.2. The van der Waals surface area contributed by atoms with Gasteiger partial charge >= 0.3 is 0 Å². The Morgan fingerprint density at radius 3 is 1.75 bits per heavy atom. The molecule has 298 valence electrons. The summed E-state index contributed by atoms with van der Waals surface area (Å²) in [5.74, 6) is 0.396. The van der Waals surface area contributed by atoms with Crippen LogP contribution >= 0.6 is 0 Å². The SMILES string of the molecule is CCCCC1=CC=C(n2c3ccccc3c3c2c2c4ccccc4n(-c4ccc(C)cc4)c2c2c4ccccc4n(-c4ccc(S(=O)C/C=C\C=C/CC#N)cc4)c32)C=CC1. The molecule has 0 N–H and O–H groups in total. The summed E-state index contributed by atoms with van der Waals surface area (Å²) in [7, 11) is -1.22. The molecule has 3 aromatic heterocycles. The third-order valence-electron chi connectivity index (χ3n) is 12.1. The maximum atomic E-state index is 13.5. The first-order valence-corrected chi connectivity index (χ1v) is 22.6. The van der Waals surface area contributed by atoms with Gasteiger partial charge in [0.2, 0.25) is 0 Å². The van der Waals surface area contributed by atoms with Crippen LogP contribution in [0.1, 0.15) is 44.6 Å². The number of hydrogen-bond donors (Lipinski definition) is 0. The lowest BCUT2D eigenvalue weighted by molar-refractivity contribution is 0.685. The Balaban J connectivity index is 1.34. The van der Waals surface area contributed by atoms with Gasteiger partial charge < -0.3 is 13.7 Å². The molecule has 1 unspecified atom stereocenters. The van der Waals surface area contributed by atoms with Crippen molar-refractivity contribution in [3.63, 3.8) is 0 Å². The average Bonchev–Trinajstić information content (AvgIpc) is 3.86. The number of fused-ring (bicyclic) bond motifs is 12. The minimum absolute atomic E-state index is 0.358. The molecule has 0 saturated heterocycles. The third kappa shape index (κ3) is 6.57. The summed E-state index contributed by atoms with van der Waals surface area (Å²) in [5.41, 5.74) is 12.9. The highest BCUT2D eigenvalue weighted by Gasteiger charge is 2.29. The number of hydrogen-bond acceptors (Lipinski definition) is 2. The molecule has 0 aliphatic heterocycles. The van der Waals surface area contributed by atoms with Crippen LogP contribution in [-0.2, 0) is 10.8 Å². The van der Waals surface area contributed by atoms with Gasteiger partial charge in [-0.25, -0.2) is 0 Å². The van der Waals surface area contributed by atoms with E-state index in [4.69, 9.17) is 5.26 Å². The molecule has 0 bridgehead atoms. The Morgan fingerprint density at radius 1 is 0.656 bits per heavy atom. The van der Waals surface area contributed by atoms with Crippen LogP contribution in [0.2, 0.25) is 0 Å². The molecule has 0 spiro atoms. The van der Waals surface area contributed by atoms with E-state index in [1.54, 1.807) is 6.08 Å². The zero-order chi connectivity index (χ0) is 41.5. The molecule has 1 aliphatic carbocycles. The van der Waals surface area contributed by atoms with Gasteiger partial charge in [0.05, 0.1) is 56.4 Å². The number of unbranched alkanes of at least 4 members (excludes halogenated alkanes) is 1. The lowest BCUT2D eigenvalue weighted by Crippen LogP contribution is -1.99. The number of para-hydroxylation sites is 3. The Kier molecular flexibility index (Phi) is 10.2. The number of rotatable bonds is 11. The predicted octanol–water partition coefficient (Wildman–Crippen LogP) is 14.3. The summed E-state index contributed by atoms with van der Waals surface area (Å²) >= 11 is 0. The number of aryl methyl sites for hydroxylation is 1. The Labute approximate surface area is 358 Å². The average molecular weight is 811 g/mol. The predicted molar refractivity (Wildman–Crippen MR) is 258 cm³/mol. The van der Waals surface area contributed by atoms with E-state index in [0.717, 1.165) is 56.9 Å². The van der Waals surface area contributed by atoms with Gasteiger partial charge in [-0.15, -0.1) is 0 Å². The largest absolute Gasteiger partial charge is 0.308 e. The second kappa shape index (κ2) is 16.3. The molecule has 6 heteroatoms. The minimum atomic E-state index is -1.22. The molecule has 0 radical (unpaired) electrons. The molecule has 9 aromatic rings. The number of aromatic nitrogens is 3. The molecular formula is C55H46N4OS. The summed E-state index contributed by atoms with van der Waals surface area (Å²) < 4.78 is 21.0. The van der Waals surface area contributed by atoms with E-state index in [-0.39, 0.29) is 0 Å². The first-order chi connectivity index (χ1) is 30.1. The minimum Gasteiger partial charge on any atom is -0.308 e. The molecule has 1 atom stereocenters. The van der Waals surface area contributed by atoms with Gasteiger partial charge in [-0.05, 0) is 92.9 Å². The van der Waals surface area contributed by atoms with Crippen LogP contribution < -0.4 is 0 Å². The van der Waals surface area contributed by atoms with E-state index in [2.05, 4.69) is 167 Å². The molecule has 0 amide bonds. The maximum Gasteiger partial charge on any atom is 0.0663 e. The number of nitriles is 1. The lowest BCUT2D eigenvalue weighted by atomic mass is 10.0. The topological polar surface area (TPSA) is 55.6 Å². The van der Waals surface area contributed by atoms with Gasteiger partial charge in [0, 0.05) is 60.0 Å².